The number of carbonyl (C=O) groups excluding carboxylic acids is 1. The Morgan fingerprint density at radius 3 is 2.78 bits per heavy atom. The standard InChI is InChI=1S/C20H22N2O5/c23-18-11-16(12-22-6-5-15-3-1-2-4-17(15)22)26-13-19(18)27-14-20(24)21-7-9-25-10-8-21/h1-4,11,13H,5-10,12,14H2. The van der Waals surface area contributed by atoms with Gasteiger partial charge in [0, 0.05) is 31.4 Å². The molecule has 0 bridgehead atoms. The summed E-state index contributed by atoms with van der Waals surface area (Å²) in [5, 5.41) is 0. The Hall–Kier alpha value is -2.80. The highest BCUT2D eigenvalue weighted by Crippen LogP contribution is 2.28. The molecule has 27 heavy (non-hydrogen) atoms. The molecule has 0 aliphatic carbocycles. The number of carbonyl (C=O) groups is 1. The Kier molecular flexibility index (Phi) is 5.11. The molecular formula is C20H22N2O5. The normalized spacial score (nSPS) is 16.3. The van der Waals surface area contributed by atoms with Crippen molar-refractivity contribution in [1.82, 2.24) is 4.90 Å². The number of hydrogen-bond acceptors (Lipinski definition) is 6. The topological polar surface area (TPSA) is 72.2 Å². The number of rotatable bonds is 5. The van der Waals surface area contributed by atoms with Gasteiger partial charge in [-0.15, -0.1) is 0 Å². The lowest BCUT2D eigenvalue weighted by Gasteiger charge is -2.26. The van der Waals surface area contributed by atoms with Crippen LogP contribution in [0.2, 0.25) is 0 Å². The zero-order valence-electron chi connectivity index (χ0n) is 15.1. The molecule has 1 aromatic carbocycles. The molecule has 0 saturated carbocycles. The minimum atomic E-state index is -0.279. The van der Waals surface area contributed by atoms with Crippen molar-refractivity contribution in [1.29, 1.82) is 0 Å². The summed E-state index contributed by atoms with van der Waals surface area (Å²) in [6.07, 6.45) is 2.29. The van der Waals surface area contributed by atoms with Crippen molar-refractivity contribution in [3.8, 4) is 5.75 Å². The van der Waals surface area contributed by atoms with Gasteiger partial charge in [-0.05, 0) is 18.1 Å². The van der Waals surface area contributed by atoms with E-state index in [-0.39, 0.29) is 23.7 Å². The molecule has 7 nitrogen and oxygen atoms in total. The van der Waals surface area contributed by atoms with Crippen LogP contribution < -0.4 is 15.1 Å². The predicted octanol–water partition coefficient (Wildman–Crippen LogP) is 1.44. The number of nitrogens with zero attached hydrogens (tertiary/aromatic N) is 2. The molecule has 1 fully saturated rings. The highest BCUT2D eigenvalue weighted by atomic mass is 16.5. The molecule has 0 unspecified atom stereocenters. The van der Waals surface area contributed by atoms with Crippen LogP contribution in [-0.4, -0.2) is 50.3 Å². The third-order valence-corrected chi connectivity index (χ3v) is 4.90. The molecule has 3 heterocycles. The number of benzene rings is 1. The summed E-state index contributed by atoms with van der Waals surface area (Å²) >= 11 is 0. The first-order valence-corrected chi connectivity index (χ1v) is 9.13. The van der Waals surface area contributed by atoms with Gasteiger partial charge in [-0.2, -0.15) is 0 Å². The number of para-hydroxylation sites is 1. The molecule has 1 saturated heterocycles. The summed E-state index contributed by atoms with van der Waals surface area (Å²) in [5.41, 5.74) is 2.21. The fourth-order valence-electron chi connectivity index (χ4n) is 3.43. The second-order valence-corrected chi connectivity index (χ2v) is 6.66. The Labute approximate surface area is 157 Å². The van der Waals surface area contributed by atoms with Gasteiger partial charge in [0.1, 0.15) is 12.0 Å². The highest BCUT2D eigenvalue weighted by Gasteiger charge is 2.20. The largest absolute Gasteiger partial charge is 0.477 e. The molecule has 4 rings (SSSR count). The zero-order valence-corrected chi connectivity index (χ0v) is 15.1. The minimum absolute atomic E-state index is 0.0576. The molecule has 2 aliphatic rings. The molecule has 2 aromatic rings. The van der Waals surface area contributed by atoms with Crippen molar-refractivity contribution < 1.29 is 18.7 Å². The van der Waals surface area contributed by atoms with Gasteiger partial charge in [-0.3, -0.25) is 9.59 Å². The van der Waals surface area contributed by atoms with Gasteiger partial charge in [0.25, 0.3) is 5.91 Å². The number of morpholine rings is 1. The molecule has 1 aromatic heterocycles. The van der Waals surface area contributed by atoms with Crippen LogP contribution in [0.1, 0.15) is 11.3 Å². The van der Waals surface area contributed by atoms with Gasteiger partial charge in [0.05, 0.1) is 19.8 Å². The first kappa shape index (κ1) is 17.6. The van der Waals surface area contributed by atoms with Crippen molar-refractivity contribution in [2.24, 2.45) is 0 Å². The predicted molar refractivity (Wildman–Crippen MR) is 99.1 cm³/mol. The lowest BCUT2D eigenvalue weighted by Crippen LogP contribution is -2.43. The molecule has 0 spiro atoms. The van der Waals surface area contributed by atoms with Crippen molar-refractivity contribution in [3.63, 3.8) is 0 Å². The molecule has 1 amide bonds. The van der Waals surface area contributed by atoms with Crippen LogP contribution in [0.15, 0.2) is 45.8 Å². The quantitative estimate of drug-likeness (QED) is 0.793. The number of anilines is 1. The van der Waals surface area contributed by atoms with E-state index in [1.807, 2.05) is 12.1 Å². The highest BCUT2D eigenvalue weighted by molar-refractivity contribution is 5.77. The zero-order chi connectivity index (χ0) is 18.6. The summed E-state index contributed by atoms with van der Waals surface area (Å²) in [6.45, 7) is 3.41. The summed E-state index contributed by atoms with van der Waals surface area (Å²) < 4.78 is 16.2. The third kappa shape index (κ3) is 3.98. The molecule has 0 N–H and O–H groups in total. The van der Waals surface area contributed by atoms with Crippen LogP contribution in [0.3, 0.4) is 0 Å². The Bertz CT molecular complexity index is 873. The Balaban J connectivity index is 1.37. The van der Waals surface area contributed by atoms with Gasteiger partial charge in [0.2, 0.25) is 11.2 Å². The van der Waals surface area contributed by atoms with Crippen LogP contribution in [0.25, 0.3) is 0 Å². The first-order valence-electron chi connectivity index (χ1n) is 9.13. The lowest BCUT2D eigenvalue weighted by molar-refractivity contribution is -0.137. The second kappa shape index (κ2) is 7.84. The average molecular weight is 370 g/mol. The maximum Gasteiger partial charge on any atom is 0.260 e. The van der Waals surface area contributed by atoms with Crippen LogP contribution in [-0.2, 0) is 22.5 Å². The van der Waals surface area contributed by atoms with Crippen molar-refractivity contribution in [2.75, 3.05) is 44.4 Å². The van der Waals surface area contributed by atoms with Crippen molar-refractivity contribution in [3.05, 3.63) is 58.1 Å². The summed E-state index contributed by atoms with van der Waals surface area (Å²) in [5.74, 6) is 0.473. The van der Waals surface area contributed by atoms with Crippen LogP contribution in [0.5, 0.6) is 5.75 Å². The summed E-state index contributed by atoms with van der Waals surface area (Å²) in [4.78, 5) is 28.3. The van der Waals surface area contributed by atoms with Crippen LogP contribution in [0.4, 0.5) is 5.69 Å². The molecule has 142 valence electrons. The van der Waals surface area contributed by atoms with E-state index in [9.17, 15) is 9.59 Å². The fraction of sp³-hybridized carbons (Fsp3) is 0.400. The minimum Gasteiger partial charge on any atom is -0.477 e. The van der Waals surface area contributed by atoms with Gasteiger partial charge < -0.3 is 23.7 Å². The Morgan fingerprint density at radius 1 is 1.15 bits per heavy atom. The smallest absolute Gasteiger partial charge is 0.260 e. The maximum absolute atomic E-state index is 12.3. The second-order valence-electron chi connectivity index (χ2n) is 6.66. The summed E-state index contributed by atoms with van der Waals surface area (Å²) in [6, 6.07) is 9.68. The van der Waals surface area contributed by atoms with Gasteiger partial charge >= 0.3 is 0 Å². The maximum atomic E-state index is 12.3. The number of hydrogen-bond donors (Lipinski definition) is 0. The van der Waals surface area contributed by atoms with Gasteiger partial charge in [-0.1, -0.05) is 18.2 Å². The number of fused-ring (bicyclic) bond motifs is 1. The molecular weight excluding hydrogens is 348 g/mol. The van der Waals surface area contributed by atoms with E-state index < -0.39 is 0 Å². The van der Waals surface area contributed by atoms with Crippen LogP contribution >= 0.6 is 0 Å². The monoisotopic (exact) mass is 370 g/mol. The van der Waals surface area contributed by atoms with Crippen molar-refractivity contribution >= 4 is 11.6 Å². The molecule has 7 heteroatoms. The van der Waals surface area contributed by atoms with E-state index in [0.717, 1.165) is 13.0 Å². The van der Waals surface area contributed by atoms with E-state index >= 15 is 0 Å². The number of ether oxygens (including phenoxy) is 2. The van der Waals surface area contributed by atoms with Gasteiger partial charge in [-0.25, -0.2) is 0 Å². The lowest BCUT2D eigenvalue weighted by atomic mass is 10.2. The van der Waals surface area contributed by atoms with E-state index in [4.69, 9.17) is 13.9 Å². The van der Waals surface area contributed by atoms with Gasteiger partial charge in [0.15, 0.2) is 6.61 Å². The fourth-order valence-corrected chi connectivity index (χ4v) is 3.43. The SMILES string of the molecule is O=C(COc1coc(CN2CCc3ccccc32)cc1=O)N1CCOCC1. The van der Waals surface area contributed by atoms with E-state index in [2.05, 4.69) is 17.0 Å². The van der Waals surface area contributed by atoms with Crippen molar-refractivity contribution in [2.45, 2.75) is 13.0 Å². The van der Waals surface area contributed by atoms with Crippen LogP contribution in [0, 0.1) is 0 Å². The third-order valence-electron chi connectivity index (χ3n) is 4.90. The first-order chi connectivity index (χ1) is 13.2. The Morgan fingerprint density at radius 2 is 1.96 bits per heavy atom. The average Bonchev–Trinajstić information content (AvgIpc) is 3.11. The van der Waals surface area contributed by atoms with E-state index in [1.54, 1.807) is 4.90 Å². The molecule has 0 radical (unpaired) electrons. The molecule has 0 atom stereocenters. The molecule has 2 aliphatic heterocycles. The van der Waals surface area contributed by atoms with E-state index in [1.165, 1.54) is 23.6 Å². The number of amides is 1. The van der Waals surface area contributed by atoms with E-state index in [0.29, 0.717) is 38.6 Å². The summed E-state index contributed by atoms with van der Waals surface area (Å²) in [7, 11) is 0.